The van der Waals surface area contributed by atoms with Gasteiger partial charge in [-0.2, -0.15) is 0 Å². The lowest BCUT2D eigenvalue weighted by atomic mass is 10.5. The van der Waals surface area contributed by atoms with Gasteiger partial charge in [-0.1, -0.05) is 25.3 Å². The van der Waals surface area contributed by atoms with Crippen molar-refractivity contribution in [2.24, 2.45) is 0 Å². The van der Waals surface area contributed by atoms with Crippen molar-refractivity contribution in [3.05, 3.63) is 25.3 Å². The van der Waals surface area contributed by atoms with Crippen molar-refractivity contribution in [3.63, 3.8) is 0 Å². The second-order valence-corrected chi connectivity index (χ2v) is 2.25. The molecule has 5 heteroatoms. The number of hydrogen-bond donors (Lipinski definition) is 2. The maximum Gasteiger partial charge on any atom is 0.508 e. The molecule has 0 radical (unpaired) electrons. The predicted octanol–water partition coefficient (Wildman–Crippen LogP) is 0.873. The fraction of sp³-hybridized carbons (Fsp3) is 0.500. The standard InChI is InChI=1S/C7H10O3.C3H8O2/c1-3-5-9-7(8)10-6-4-2;4-2-1-3-5/h3-4H,1-2,5-6H2;4-5H,1-3H2. The van der Waals surface area contributed by atoms with Gasteiger partial charge in [-0.3, -0.25) is 0 Å². The fourth-order valence-electron chi connectivity index (χ4n) is 0.366. The molecular weight excluding hydrogens is 200 g/mol. The van der Waals surface area contributed by atoms with Crippen LogP contribution in [0.15, 0.2) is 25.3 Å². The van der Waals surface area contributed by atoms with Crippen molar-refractivity contribution in [1.82, 2.24) is 0 Å². The molecule has 0 aliphatic carbocycles. The smallest absolute Gasteiger partial charge is 0.430 e. The summed E-state index contributed by atoms with van der Waals surface area (Å²) in [6.07, 6.45) is 2.74. The number of hydrogen-bond acceptors (Lipinski definition) is 5. The van der Waals surface area contributed by atoms with Crippen molar-refractivity contribution in [2.45, 2.75) is 6.42 Å². The zero-order valence-corrected chi connectivity index (χ0v) is 8.72. The van der Waals surface area contributed by atoms with Crippen LogP contribution in [0.1, 0.15) is 6.42 Å². The van der Waals surface area contributed by atoms with Gasteiger partial charge < -0.3 is 19.7 Å². The first-order chi connectivity index (χ1) is 7.22. The largest absolute Gasteiger partial charge is 0.508 e. The molecule has 0 heterocycles. The molecule has 0 aliphatic heterocycles. The highest BCUT2D eigenvalue weighted by Crippen LogP contribution is 1.84. The van der Waals surface area contributed by atoms with Gasteiger partial charge in [0, 0.05) is 13.2 Å². The third-order valence-electron chi connectivity index (χ3n) is 0.954. The van der Waals surface area contributed by atoms with E-state index in [0.29, 0.717) is 6.42 Å². The molecule has 0 aromatic rings. The number of carbonyl (C=O) groups is 1. The van der Waals surface area contributed by atoms with Crippen LogP contribution in [0.4, 0.5) is 4.79 Å². The first-order valence-electron chi connectivity index (χ1n) is 4.46. The average Bonchev–Trinajstić information content (AvgIpc) is 2.25. The molecule has 0 saturated carbocycles. The summed E-state index contributed by atoms with van der Waals surface area (Å²) in [5, 5.41) is 15.8. The number of aliphatic hydroxyl groups is 2. The van der Waals surface area contributed by atoms with Crippen molar-refractivity contribution in [1.29, 1.82) is 0 Å². The first-order valence-corrected chi connectivity index (χ1v) is 4.46. The van der Waals surface area contributed by atoms with Crippen LogP contribution in [0, 0.1) is 0 Å². The molecule has 88 valence electrons. The van der Waals surface area contributed by atoms with Crippen molar-refractivity contribution in [3.8, 4) is 0 Å². The SMILES string of the molecule is C=CCOC(=O)OCC=C.OCCCO. The van der Waals surface area contributed by atoms with Gasteiger partial charge in [-0.25, -0.2) is 4.79 Å². The molecule has 0 aromatic heterocycles. The maximum atomic E-state index is 10.4. The number of aliphatic hydroxyl groups excluding tert-OH is 2. The minimum Gasteiger partial charge on any atom is -0.430 e. The Morgan fingerprint density at radius 1 is 1.07 bits per heavy atom. The molecule has 0 amide bonds. The summed E-state index contributed by atoms with van der Waals surface area (Å²) in [7, 11) is 0. The van der Waals surface area contributed by atoms with Gasteiger partial charge in [0.15, 0.2) is 0 Å². The van der Waals surface area contributed by atoms with E-state index in [1.54, 1.807) is 0 Å². The van der Waals surface area contributed by atoms with Gasteiger partial charge in [0.1, 0.15) is 13.2 Å². The quantitative estimate of drug-likeness (QED) is 0.511. The van der Waals surface area contributed by atoms with Crippen molar-refractivity contribution >= 4 is 6.16 Å². The van der Waals surface area contributed by atoms with Gasteiger partial charge >= 0.3 is 6.16 Å². The monoisotopic (exact) mass is 218 g/mol. The van der Waals surface area contributed by atoms with Crippen LogP contribution < -0.4 is 0 Å². The summed E-state index contributed by atoms with van der Waals surface area (Å²) in [5.41, 5.74) is 0. The topological polar surface area (TPSA) is 76.0 Å². The normalized spacial score (nSPS) is 8.13. The van der Waals surface area contributed by atoms with E-state index in [1.165, 1.54) is 12.2 Å². The lowest BCUT2D eigenvalue weighted by molar-refractivity contribution is 0.0718. The molecule has 0 unspecified atom stereocenters. The molecule has 0 spiro atoms. The zero-order valence-electron chi connectivity index (χ0n) is 8.72. The molecular formula is C10H18O5. The molecule has 0 atom stereocenters. The molecule has 15 heavy (non-hydrogen) atoms. The maximum absolute atomic E-state index is 10.4. The fourth-order valence-corrected chi connectivity index (χ4v) is 0.366. The Bertz CT molecular complexity index is 151. The highest BCUT2D eigenvalue weighted by Gasteiger charge is 1.97. The number of carbonyl (C=O) groups excluding carboxylic acids is 1. The molecule has 0 rings (SSSR count). The highest BCUT2D eigenvalue weighted by atomic mass is 16.7. The highest BCUT2D eigenvalue weighted by molar-refractivity contribution is 5.60. The van der Waals surface area contributed by atoms with Crippen molar-refractivity contribution < 1.29 is 24.5 Å². The second-order valence-electron chi connectivity index (χ2n) is 2.25. The molecule has 0 aliphatic rings. The van der Waals surface area contributed by atoms with Crippen molar-refractivity contribution in [2.75, 3.05) is 26.4 Å². The van der Waals surface area contributed by atoms with Crippen LogP contribution in [-0.2, 0) is 9.47 Å². The van der Waals surface area contributed by atoms with E-state index < -0.39 is 6.16 Å². The van der Waals surface area contributed by atoms with E-state index in [2.05, 4.69) is 22.6 Å². The molecule has 5 nitrogen and oxygen atoms in total. The lowest BCUT2D eigenvalue weighted by Crippen LogP contribution is -2.06. The van der Waals surface area contributed by atoms with Crippen LogP contribution in [0.25, 0.3) is 0 Å². The Morgan fingerprint density at radius 3 is 1.67 bits per heavy atom. The minimum atomic E-state index is -0.695. The van der Waals surface area contributed by atoms with Crippen LogP contribution in [-0.4, -0.2) is 42.8 Å². The van der Waals surface area contributed by atoms with Gasteiger partial charge in [0.2, 0.25) is 0 Å². The second kappa shape index (κ2) is 15.2. The van der Waals surface area contributed by atoms with E-state index in [1.807, 2.05) is 0 Å². The molecule has 0 fully saturated rings. The summed E-state index contributed by atoms with van der Waals surface area (Å²) in [6, 6.07) is 0. The number of rotatable bonds is 6. The van der Waals surface area contributed by atoms with Crippen LogP contribution in [0.3, 0.4) is 0 Å². The van der Waals surface area contributed by atoms with E-state index in [0.717, 1.165) is 0 Å². The van der Waals surface area contributed by atoms with Gasteiger partial charge in [0.25, 0.3) is 0 Å². The molecule has 0 bridgehead atoms. The van der Waals surface area contributed by atoms with E-state index >= 15 is 0 Å². The summed E-state index contributed by atoms with van der Waals surface area (Å²) >= 11 is 0. The predicted molar refractivity (Wildman–Crippen MR) is 56.5 cm³/mol. The van der Waals surface area contributed by atoms with Gasteiger partial charge in [-0.05, 0) is 6.42 Å². The first kappa shape index (κ1) is 16.1. The minimum absolute atomic E-state index is 0.0938. The van der Waals surface area contributed by atoms with Gasteiger partial charge in [0.05, 0.1) is 0 Å². The Labute approximate surface area is 89.6 Å². The molecule has 2 N–H and O–H groups in total. The summed E-state index contributed by atoms with van der Waals surface area (Å²) in [5.74, 6) is 0. The Kier molecular flexibility index (Phi) is 16.3. The summed E-state index contributed by atoms with van der Waals surface area (Å²) in [6.45, 7) is 7.26. The Hall–Kier alpha value is -1.33. The molecule has 0 aromatic carbocycles. The summed E-state index contributed by atoms with van der Waals surface area (Å²) < 4.78 is 8.93. The lowest BCUT2D eigenvalue weighted by Gasteiger charge is -1.99. The average molecular weight is 218 g/mol. The van der Waals surface area contributed by atoms with Crippen LogP contribution in [0.2, 0.25) is 0 Å². The number of ether oxygens (including phenoxy) is 2. The van der Waals surface area contributed by atoms with Gasteiger partial charge in [-0.15, -0.1) is 0 Å². The third-order valence-corrected chi connectivity index (χ3v) is 0.954. The van der Waals surface area contributed by atoms with E-state index in [4.69, 9.17) is 10.2 Å². The third kappa shape index (κ3) is 19.2. The Morgan fingerprint density at radius 2 is 1.47 bits per heavy atom. The van der Waals surface area contributed by atoms with Crippen LogP contribution in [0.5, 0.6) is 0 Å². The van der Waals surface area contributed by atoms with E-state index in [-0.39, 0.29) is 26.4 Å². The summed E-state index contributed by atoms with van der Waals surface area (Å²) in [4.78, 5) is 10.4. The van der Waals surface area contributed by atoms with Crippen LogP contribution >= 0.6 is 0 Å². The molecule has 0 saturated heterocycles. The zero-order chi connectivity index (χ0) is 11.9. The van der Waals surface area contributed by atoms with E-state index in [9.17, 15) is 4.79 Å². The Balaban J connectivity index is 0.